The number of imide groups is 1. The van der Waals surface area contributed by atoms with Crippen LogP contribution in [0.3, 0.4) is 0 Å². The van der Waals surface area contributed by atoms with Crippen molar-refractivity contribution in [1.82, 2.24) is 14.7 Å². The molecule has 0 N–H and O–H groups in total. The third-order valence-electron chi connectivity index (χ3n) is 12.6. The molecule has 0 spiro atoms. The molecule has 1 fully saturated rings. The van der Waals surface area contributed by atoms with Crippen LogP contribution in [0.5, 0.6) is 0 Å². The molecule has 0 radical (unpaired) electrons. The highest BCUT2D eigenvalue weighted by Gasteiger charge is 2.36. The molecule has 0 aromatic carbocycles. The number of rotatable bonds is 45. The number of carbonyl (C=O) groups is 2. The molecule has 1 heterocycles. The molecule has 0 bridgehead atoms. The monoisotopic (exact) mass is 788 g/mol. The second-order valence-electron chi connectivity index (χ2n) is 18.2. The van der Waals surface area contributed by atoms with Gasteiger partial charge >= 0.3 is 12.1 Å². The Morgan fingerprint density at radius 1 is 0.268 bits per heavy atom. The first-order valence-corrected chi connectivity index (χ1v) is 26.0. The van der Waals surface area contributed by atoms with Gasteiger partial charge in [-0.15, -0.1) is 0 Å². The summed E-state index contributed by atoms with van der Waals surface area (Å²) in [4.78, 5) is 32.8. The molecular formula is C51H101N3O2. The maximum absolute atomic E-state index is 13.6. The standard InChI is InChI=1S/C51H101N3O2/c1-4-7-10-13-16-19-22-25-28-31-34-37-40-43-46-52-49-53(47-44-41-38-35-32-29-26-23-20-17-14-11-8-5-2)51(56)54(50(52)55)48-45-42-39-36-33-30-27-24-21-18-15-12-9-6-3/h4-49H2,1-3H3. The summed E-state index contributed by atoms with van der Waals surface area (Å²) in [7, 11) is 0. The Morgan fingerprint density at radius 2 is 0.446 bits per heavy atom. The summed E-state index contributed by atoms with van der Waals surface area (Å²) < 4.78 is 0. The summed E-state index contributed by atoms with van der Waals surface area (Å²) in [6, 6.07) is -0.0619. The quantitative estimate of drug-likeness (QED) is 0.0577. The van der Waals surface area contributed by atoms with E-state index in [0.29, 0.717) is 13.2 Å². The van der Waals surface area contributed by atoms with Crippen molar-refractivity contribution in [3.05, 3.63) is 0 Å². The Bertz CT molecular complexity index is 784. The maximum atomic E-state index is 13.6. The number of hydrogen-bond donors (Lipinski definition) is 0. The largest absolute Gasteiger partial charge is 0.329 e. The van der Waals surface area contributed by atoms with Crippen molar-refractivity contribution in [1.29, 1.82) is 0 Å². The molecule has 0 aromatic rings. The highest BCUT2D eigenvalue weighted by Crippen LogP contribution is 2.20. The van der Waals surface area contributed by atoms with E-state index >= 15 is 0 Å². The minimum absolute atomic E-state index is 0.0309. The smallest absolute Gasteiger partial charge is 0.306 e. The van der Waals surface area contributed by atoms with E-state index in [0.717, 1.165) is 38.8 Å². The summed E-state index contributed by atoms with van der Waals surface area (Å²) in [5.74, 6) is 0. The van der Waals surface area contributed by atoms with Crippen LogP contribution in [0, 0.1) is 0 Å². The number of hydrogen-bond acceptors (Lipinski definition) is 2. The van der Waals surface area contributed by atoms with Gasteiger partial charge in [-0.3, -0.25) is 0 Å². The van der Waals surface area contributed by atoms with Crippen LogP contribution in [0.25, 0.3) is 0 Å². The Hall–Kier alpha value is -1.26. The number of nitrogens with zero attached hydrogens (tertiary/aromatic N) is 3. The zero-order chi connectivity index (χ0) is 40.4. The molecule has 0 saturated carbocycles. The number of unbranched alkanes of at least 4 members (excludes halogenated alkanes) is 39. The molecule has 56 heavy (non-hydrogen) atoms. The van der Waals surface area contributed by atoms with Crippen molar-refractivity contribution < 1.29 is 9.59 Å². The van der Waals surface area contributed by atoms with Crippen LogP contribution in [0.1, 0.15) is 290 Å². The molecule has 1 rings (SSSR count). The lowest BCUT2D eigenvalue weighted by Crippen LogP contribution is -2.61. The van der Waals surface area contributed by atoms with E-state index in [4.69, 9.17) is 0 Å². The van der Waals surface area contributed by atoms with Gasteiger partial charge in [0.05, 0.1) is 6.67 Å². The molecule has 0 unspecified atom stereocenters. The normalized spacial score (nSPS) is 13.5. The number of urea groups is 2. The Kier molecular flexibility index (Phi) is 39.5. The minimum Gasteiger partial charge on any atom is -0.306 e. The predicted octanol–water partition coefficient (Wildman–Crippen LogP) is 17.5. The van der Waals surface area contributed by atoms with Gasteiger partial charge in [-0.05, 0) is 19.3 Å². The van der Waals surface area contributed by atoms with E-state index in [1.165, 1.54) is 244 Å². The lowest BCUT2D eigenvalue weighted by molar-refractivity contribution is 0.0758. The zero-order valence-corrected chi connectivity index (χ0v) is 38.7. The van der Waals surface area contributed by atoms with Crippen molar-refractivity contribution in [2.24, 2.45) is 0 Å². The first-order chi connectivity index (χ1) is 27.7. The fourth-order valence-electron chi connectivity index (χ4n) is 8.73. The van der Waals surface area contributed by atoms with Crippen LogP contribution in [0.2, 0.25) is 0 Å². The molecule has 5 nitrogen and oxygen atoms in total. The van der Waals surface area contributed by atoms with Crippen LogP contribution in [-0.4, -0.2) is 53.1 Å². The van der Waals surface area contributed by atoms with Gasteiger partial charge < -0.3 is 9.80 Å². The van der Waals surface area contributed by atoms with Crippen molar-refractivity contribution in [3.63, 3.8) is 0 Å². The van der Waals surface area contributed by atoms with E-state index < -0.39 is 0 Å². The second kappa shape index (κ2) is 41.9. The Balaban J connectivity index is 2.34. The van der Waals surface area contributed by atoms with Gasteiger partial charge in [0.25, 0.3) is 0 Å². The minimum atomic E-state index is -0.0309. The first kappa shape index (κ1) is 52.8. The molecule has 0 aliphatic carbocycles. The molecule has 5 heteroatoms. The van der Waals surface area contributed by atoms with Gasteiger partial charge in [-0.1, -0.05) is 271 Å². The molecule has 0 aromatic heterocycles. The van der Waals surface area contributed by atoms with Gasteiger partial charge in [0.2, 0.25) is 0 Å². The van der Waals surface area contributed by atoms with Gasteiger partial charge in [0.15, 0.2) is 0 Å². The highest BCUT2D eigenvalue weighted by molar-refractivity contribution is 5.95. The average Bonchev–Trinajstić information content (AvgIpc) is 3.20. The average molecular weight is 788 g/mol. The molecule has 0 atom stereocenters. The molecule has 1 aliphatic rings. The Labute approximate surface area is 352 Å². The number of amides is 4. The summed E-state index contributed by atoms with van der Waals surface area (Å²) in [6.07, 6.45) is 56.0. The lowest BCUT2D eigenvalue weighted by atomic mass is 10.0. The third kappa shape index (κ3) is 31.7. The summed E-state index contributed by atoms with van der Waals surface area (Å²) >= 11 is 0. The topological polar surface area (TPSA) is 43.9 Å². The van der Waals surface area contributed by atoms with Crippen LogP contribution in [0.4, 0.5) is 9.59 Å². The highest BCUT2D eigenvalue weighted by atomic mass is 16.2. The fourth-order valence-corrected chi connectivity index (χ4v) is 8.73. The van der Waals surface area contributed by atoms with Crippen LogP contribution >= 0.6 is 0 Å². The first-order valence-electron chi connectivity index (χ1n) is 26.0. The van der Waals surface area contributed by atoms with E-state index in [9.17, 15) is 9.59 Å². The molecular weight excluding hydrogens is 687 g/mol. The summed E-state index contributed by atoms with van der Waals surface area (Å²) in [5.41, 5.74) is 0. The van der Waals surface area contributed by atoms with Gasteiger partial charge in [0, 0.05) is 19.6 Å². The van der Waals surface area contributed by atoms with E-state index in [2.05, 4.69) is 20.8 Å². The van der Waals surface area contributed by atoms with Crippen molar-refractivity contribution in [3.8, 4) is 0 Å². The molecule has 4 amide bonds. The van der Waals surface area contributed by atoms with Crippen LogP contribution in [0.15, 0.2) is 0 Å². The predicted molar refractivity (Wildman–Crippen MR) is 247 cm³/mol. The maximum Gasteiger partial charge on any atom is 0.329 e. The van der Waals surface area contributed by atoms with E-state index in [1.807, 2.05) is 9.80 Å². The van der Waals surface area contributed by atoms with Crippen molar-refractivity contribution >= 4 is 12.1 Å². The SMILES string of the molecule is CCCCCCCCCCCCCCCCN1CN(CCCCCCCCCCCCCCCC)C(=O)N(CCCCCCCCCCCCCCCC)C1=O. The second-order valence-corrected chi connectivity index (χ2v) is 18.2. The van der Waals surface area contributed by atoms with E-state index in [1.54, 1.807) is 4.90 Å². The molecule has 332 valence electrons. The zero-order valence-electron chi connectivity index (χ0n) is 38.7. The van der Waals surface area contributed by atoms with Crippen molar-refractivity contribution in [2.75, 3.05) is 26.3 Å². The molecule has 1 aliphatic heterocycles. The third-order valence-corrected chi connectivity index (χ3v) is 12.6. The van der Waals surface area contributed by atoms with Gasteiger partial charge in [0.1, 0.15) is 0 Å². The van der Waals surface area contributed by atoms with Crippen molar-refractivity contribution in [2.45, 2.75) is 290 Å². The fraction of sp³-hybridized carbons (Fsp3) is 0.961. The lowest BCUT2D eigenvalue weighted by Gasteiger charge is -2.41. The summed E-state index contributed by atoms with van der Waals surface area (Å²) in [5, 5.41) is 0. The number of carbonyl (C=O) groups excluding carboxylic acids is 2. The van der Waals surface area contributed by atoms with E-state index in [-0.39, 0.29) is 12.1 Å². The van der Waals surface area contributed by atoms with Crippen LogP contribution < -0.4 is 0 Å². The molecule has 1 saturated heterocycles. The van der Waals surface area contributed by atoms with Crippen LogP contribution in [-0.2, 0) is 0 Å². The summed E-state index contributed by atoms with van der Waals surface area (Å²) in [6.45, 7) is 9.52. The van der Waals surface area contributed by atoms with Gasteiger partial charge in [-0.25, -0.2) is 14.5 Å². The van der Waals surface area contributed by atoms with Gasteiger partial charge in [-0.2, -0.15) is 0 Å². The Morgan fingerprint density at radius 3 is 0.661 bits per heavy atom.